The number of carbonyl (C=O) groups excluding carboxylic acids is 1. The Morgan fingerprint density at radius 1 is 0.417 bits per heavy atom. The summed E-state index contributed by atoms with van der Waals surface area (Å²) in [6, 6.07) is 59.4. The van der Waals surface area contributed by atoms with E-state index in [9.17, 15) is 9.90 Å². The van der Waals surface area contributed by atoms with Gasteiger partial charge in [-0.3, -0.25) is 9.79 Å². The van der Waals surface area contributed by atoms with Gasteiger partial charge in [-0.15, -0.1) is 5.10 Å². The standard InChI is InChI=1S/C14H20O3.C13H17N.C13H16O2.C13H18O.C12H15NO.2C12H16O.C12H14O.C11H15N3/c1-13(2,3)10-5-6-12-11(9-10)14(15,16-4)7-8-17-12;1-9-7-10-5-6-11(13(2,3)4)8-12(10)14-9;1-13(2,3)9-4-5-12-10(8-9)11(14)6-7-15-12;1-13(2,3)11-6-7-12-10(9-11)5-4-8-14-12;1-8-10-7-9(12(2,3)4)5-6-11(10)14-13-8;1-12(2,3)11-5-4-9-7-13-8-10(9)6-11;2*1-12(2,3)10-5-4-9-6-7-13-11(9)8-10;1-11(2,3)8-5-6-10-9(7-8)12-13-14(10)4/h5-6,9,15H,7-8H2,1-4H3;5-6,8H,7H2,1-4H3;4-5,8H,6-7H2,1-3H3;6-7,9H,4-5,8H2,1-3H3;5-7H,1-4H3;4-6H,7-8H2,1-3H3;4-5,8H,6-7H2,1-3H3;4-8H,1-3H3;5-7H,1-4H3. The number of aliphatic hydroxyl groups is 1. The number of rotatable bonds is 1. The van der Waals surface area contributed by atoms with Crippen LogP contribution in [0.5, 0.6) is 23.0 Å². The zero-order chi connectivity index (χ0) is 93.4. The molecule has 18 rings (SSSR count). The lowest BCUT2D eigenvalue weighted by Gasteiger charge is -2.34. The molecule has 1 unspecified atom stereocenters. The van der Waals surface area contributed by atoms with Crippen LogP contribution in [-0.2, 0) is 104 Å². The van der Waals surface area contributed by atoms with Crippen molar-refractivity contribution in [1.82, 2.24) is 20.2 Å². The summed E-state index contributed by atoms with van der Waals surface area (Å²) in [6.07, 6.45) is 7.11. The highest BCUT2D eigenvalue weighted by molar-refractivity contribution is 6.00. The molecule has 0 fully saturated rings. The summed E-state index contributed by atoms with van der Waals surface area (Å²) in [7, 11) is 3.44. The minimum absolute atomic E-state index is 0.0428. The van der Waals surface area contributed by atoms with E-state index < -0.39 is 5.79 Å². The highest BCUT2D eigenvalue weighted by atomic mass is 16.6. The van der Waals surface area contributed by atoms with Gasteiger partial charge in [0.15, 0.2) is 17.2 Å². The fraction of sp³-hybridized carbons (Fsp3) is 0.473. The lowest BCUT2D eigenvalue weighted by atomic mass is 9.84. The molecule has 680 valence electrons. The first-order chi connectivity index (χ1) is 59.1. The third-order valence-electron chi connectivity index (χ3n) is 24.0. The lowest BCUT2D eigenvalue weighted by Crippen LogP contribution is -2.34. The Morgan fingerprint density at radius 3 is 1.51 bits per heavy atom. The van der Waals surface area contributed by atoms with E-state index in [1.165, 1.54) is 103 Å². The molecule has 15 heteroatoms. The third kappa shape index (κ3) is 26.5. The highest BCUT2D eigenvalue weighted by Crippen LogP contribution is 2.42. The number of aromatic nitrogens is 4. The fourth-order valence-corrected chi connectivity index (χ4v) is 15.2. The van der Waals surface area contributed by atoms with Gasteiger partial charge in [0.25, 0.3) is 0 Å². The van der Waals surface area contributed by atoms with E-state index in [1.807, 2.05) is 62.5 Å². The molecule has 0 spiro atoms. The molecule has 127 heavy (non-hydrogen) atoms. The average Bonchev–Trinajstić information content (AvgIpc) is 1.70. The number of aryl methyl sites for hydroxylation is 3. The van der Waals surface area contributed by atoms with E-state index in [-0.39, 0.29) is 54.5 Å². The van der Waals surface area contributed by atoms with Crippen molar-refractivity contribution in [3.05, 3.63) is 271 Å². The number of aliphatic imine (C=N–C) groups is 1. The molecule has 6 aliphatic heterocycles. The van der Waals surface area contributed by atoms with Crippen molar-refractivity contribution in [3.8, 4) is 23.0 Å². The van der Waals surface area contributed by atoms with Crippen LogP contribution in [0.25, 0.3) is 33.0 Å². The van der Waals surface area contributed by atoms with Gasteiger partial charge in [-0.25, -0.2) is 4.68 Å². The predicted octanol–water partition coefficient (Wildman–Crippen LogP) is 27.8. The second-order valence-electron chi connectivity index (χ2n) is 43.9. The van der Waals surface area contributed by atoms with Crippen LogP contribution in [0.1, 0.15) is 313 Å². The van der Waals surface area contributed by atoms with Crippen molar-refractivity contribution in [1.29, 1.82) is 0 Å². The molecule has 15 nitrogen and oxygen atoms in total. The number of nitrogens with zero attached hydrogens (tertiary/aromatic N) is 5. The van der Waals surface area contributed by atoms with Crippen LogP contribution >= 0.6 is 0 Å². The molecule has 0 saturated heterocycles. The van der Waals surface area contributed by atoms with Crippen LogP contribution in [0.4, 0.5) is 5.69 Å². The molecule has 0 bridgehead atoms. The molecule has 1 N–H and O–H groups in total. The number of hydrogen-bond acceptors (Lipinski definition) is 14. The number of ether oxygens (including phenoxy) is 6. The van der Waals surface area contributed by atoms with Gasteiger partial charge in [-0.2, -0.15) is 0 Å². The zero-order valence-electron chi connectivity index (χ0n) is 82.6. The summed E-state index contributed by atoms with van der Waals surface area (Å²) < 4.78 is 45.1. The quantitative estimate of drug-likeness (QED) is 0.154. The molecule has 0 saturated carbocycles. The molecule has 12 aromatic rings. The Kier molecular flexibility index (Phi) is 31.0. The minimum atomic E-state index is -1.21. The molecule has 0 aliphatic carbocycles. The number of Topliss-reactive ketones (excluding diaryl/α,β-unsaturated/α-hetero) is 1. The van der Waals surface area contributed by atoms with Crippen molar-refractivity contribution < 1.29 is 47.3 Å². The topological polar surface area (TPSA) is 175 Å². The van der Waals surface area contributed by atoms with Crippen LogP contribution < -0.4 is 18.9 Å². The average molecular weight is 1720 g/mol. The van der Waals surface area contributed by atoms with Crippen molar-refractivity contribution in [3.63, 3.8) is 0 Å². The largest absolute Gasteiger partial charge is 0.493 e. The normalized spacial score (nSPS) is 15.7. The molecule has 0 radical (unpaired) electrons. The van der Waals surface area contributed by atoms with Gasteiger partial charge in [0.05, 0.1) is 73.9 Å². The molecule has 9 heterocycles. The molecule has 6 aliphatic rings. The summed E-state index contributed by atoms with van der Waals surface area (Å²) in [5.41, 5.74) is 29.0. The molecule has 9 aromatic carbocycles. The number of methoxy groups -OCH3 is 1. The Labute approximate surface area is 759 Å². The van der Waals surface area contributed by atoms with Gasteiger partial charge in [0.2, 0.25) is 0 Å². The van der Waals surface area contributed by atoms with E-state index in [4.69, 9.17) is 37.4 Å². The SMILES string of the molecule is CC(C)(C)c1ccc2c(c1)C(=O)CCO2.CC(C)(C)c1ccc2c(c1)CCCO2.CC(C)(C)c1ccc2c(c1)COC2.CC(C)(C)c1ccc2c(c1)OCC2.CC(C)(C)c1ccc2ccoc2c1.CC1=Nc2cc(C(C)(C)C)ccc2C1.COC1(O)CCOc2ccc(C(C)(C)C)cc21.Cc1noc2ccc(C(C)(C)C)cc12.Cn1nnc2cc(C(C)(C)C)ccc21. The number of fused-ring (bicyclic) bond motifs is 9. The van der Waals surface area contributed by atoms with Crippen LogP contribution in [0.3, 0.4) is 0 Å². The minimum Gasteiger partial charge on any atom is -0.493 e. The monoisotopic (exact) mass is 1720 g/mol. The first-order valence-electron chi connectivity index (χ1n) is 45.5. The van der Waals surface area contributed by atoms with Gasteiger partial charge < -0.3 is 42.5 Å². The van der Waals surface area contributed by atoms with Gasteiger partial charge in [-0.05, 0) is 232 Å². The summed E-state index contributed by atoms with van der Waals surface area (Å²) in [5, 5.41) is 24.8. The maximum Gasteiger partial charge on any atom is 0.198 e. The van der Waals surface area contributed by atoms with E-state index in [1.54, 1.807) is 10.9 Å². The van der Waals surface area contributed by atoms with Gasteiger partial charge in [0.1, 0.15) is 34.1 Å². The van der Waals surface area contributed by atoms with Crippen molar-refractivity contribution in [2.24, 2.45) is 12.0 Å². The van der Waals surface area contributed by atoms with Crippen molar-refractivity contribution in [2.45, 2.75) is 307 Å². The maximum atomic E-state index is 11.7. The van der Waals surface area contributed by atoms with Crippen LogP contribution in [0.15, 0.2) is 190 Å². The lowest BCUT2D eigenvalue weighted by molar-refractivity contribution is -0.209. The summed E-state index contributed by atoms with van der Waals surface area (Å²) in [5.74, 6) is 2.61. The zero-order valence-corrected chi connectivity index (χ0v) is 82.6. The van der Waals surface area contributed by atoms with Gasteiger partial charge >= 0.3 is 0 Å². The van der Waals surface area contributed by atoms with Crippen LogP contribution in [0.2, 0.25) is 0 Å². The van der Waals surface area contributed by atoms with Crippen molar-refractivity contribution in [2.75, 3.05) is 33.5 Å². The second kappa shape index (κ2) is 39.8. The predicted molar refractivity (Wildman–Crippen MR) is 524 cm³/mol. The number of furan rings is 1. The highest BCUT2D eigenvalue weighted by Gasteiger charge is 2.37. The maximum absolute atomic E-state index is 11.7. The Hall–Kier alpha value is -10.2. The van der Waals surface area contributed by atoms with E-state index in [0.29, 0.717) is 31.8 Å². The smallest absolute Gasteiger partial charge is 0.198 e. The number of benzene rings is 9. The number of ketones is 1. The second-order valence-corrected chi connectivity index (χ2v) is 43.9. The summed E-state index contributed by atoms with van der Waals surface area (Å²) in [4.78, 5) is 16.2. The number of carbonyl (C=O) groups is 1. The first kappa shape index (κ1) is 99.0. The Morgan fingerprint density at radius 2 is 0.890 bits per heavy atom. The van der Waals surface area contributed by atoms with Crippen molar-refractivity contribution >= 4 is 50.2 Å². The Bertz CT molecular complexity index is 5720. The molecular formula is C112H147N5O10. The van der Waals surface area contributed by atoms with Gasteiger partial charge in [-0.1, -0.05) is 288 Å². The fourth-order valence-electron chi connectivity index (χ4n) is 15.2. The van der Waals surface area contributed by atoms with E-state index in [2.05, 4.69) is 336 Å². The van der Waals surface area contributed by atoms with E-state index >= 15 is 0 Å². The molecule has 0 amide bonds. The Balaban J connectivity index is 0.000000149. The third-order valence-corrected chi connectivity index (χ3v) is 24.0. The van der Waals surface area contributed by atoms with Gasteiger partial charge in [0, 0.05) is 56.3 Å². The number of hydrogen-bond donors (Lipinski definition) is 1. The molecular weight excluding hydrogens is 1580 g/mol. The van der Waals surface area contributed by atoms with Crippen LogP contribution in [-0.4, -0.2) is 70.3 Å². The van der Waals surface area contributed by atoms with E-state index in [0.717, 1.165) is 113 Å². The van der Waals surface area contributed by atoms with Crippen LogP contribution in [0, 0.1) is 6.92 Å². The molecule has 3 aromatic heterocycles. The summed E-state index contributed by atoms with van der Waals surface area (Å²) in [6.45, 7) is 67.9. The first-order valence-corrected chi connectivity index (χ1v) is 45.5. The molecule has 1 atom stereocenters. The summed E-state index contributed by atoms with van der Waals surface area (Å²) >= 11 is 0.